The van der Waals surface area contributed by atoms with Gasteiger partial charge in [0.15, 0.2) is 12.3 Å². The van der Waals surface area contributed by atoms with E-state index in [9.17, 15) is 22.5 Å². The van der Waals surface area contributed by atoms with E-state index in [2.05, 4.69) is 4.52 Å². The summed E-state index contributed by atoms with van der Waals surface area (Å²) in [5.41, 5.74) is -2.35. The van der Waals surface area contributed by atoms with Crippen LogP contribution in [0.25, 0.3) is 0 Å². The molecule has 0 saturated heterocycles. The molecule has 0 amide bonds. The molecule has 0 heterocycles. The highest BCUT2D eigenvalue weighted by Crippen LogP contribution is 2.41. The maximum Gasteiger partial charge on any atom is 0.695 e. The molecule has 0 aromatic rings. The first-order valence-electron chi connectivity index (χ1n) is 4.64. The Labute approximate surface area is 90.7 Å². The van der Waals surface area contributed by atoms with Crippen LogP contribution in [0.2, 0.25) is 0 Å². The highest BCUT2D eigenvalue weighted by molar-refractivity contribution is 7.32. The molecule has 0 spiro atoms. The molecule has 1 fully saturated rings. The van der Waals surface area contributed by atoms with Gasteiger partial charge in [-0.3, -0.25) is 4.79 Å². The van der Waals surface area contributed by atoms with E-state index in [-0.39, 0.29) is 0 Å². The van der Waals surface area contributed by atoms with Crippen molar-refractivity contribution in [3.8, 4) is 0 Å². The molecule has 0 aromatic carbocycles. The summed E-state index contributed by atoms with van der Waals surface area (Å²) < 4.78 is 53.5. The third-order valence-corrected chi connectivity index (χ3v) is 2.93. The van der Waals surface area contributed by atoms with Crippen molar-refractivity contribution in [3.63, 3.8) is 0 Å². The molecule has 4 nitrogen and oxygen atoms in total. The van der Waals surface area contributed by atoms with Crippen molar-refractivity contribution in [1.29, 1.82) is 0 Å². The van der Waals surface area contributed by atoms with Gasteiger partial charge in [-0.25, -0.2) is 13.2 Å². The predicted molar refractivity (Wildman–Crippen MR) is 48.0 cm³/mol. The lowest BCUT2D eigenvalue weighted by atomic mass is 9.81. The van der Waals surface area contributed by atoms with Crippen molar-refractivity contribution in [2.75, 3.05) is 6.61 Å². The van der Waals surface area contributed by atoms with E-state index in [1.165, 1.54) is 0 Å². The van der Waals surface area contributed by atoms with Crippen LogP contribution in [0.4, 0.5) is 13.2 Å². The Morgan fingerprint density at radius 2 is 1.75 bits per heavy atom. The predicted octanol–water partition coefficient (Wildman–Crippen LogP) is 2.14. The SMILES string of the molecule is O=C(CO[P+](=O)O)C1(F)CCC(F)(F)CC1. The molecule has 1 rings (SSSR count). The molecule has 1 aliphatic carbocycles. The molecule has 92 valence electrons. The quantitative estimate of drug-likeness (QED) is 0.785. The van der Waals surface area contributed by atoms with E-state index in [1.807, 2.05) is 0 Å². The lowest BCUT2D eigenvalue weighted by Crippen LogP contribution is -2.43. The standard InChI is InChI=1S/C8H10F3O4P/c9-7(6(12)5-15-16(13)14)1-3-8(10,11)4-2-7/h1-5H2/p+1. The van der Waals surface area contributed by atoms with Crippen LogP contribution >= 0.6 is 8.25 Å². The maximum absolute atomic E-state index is 13.8. The Kier molecular flexibility index (Phi) is 4.04. The first kappa shape index (κ1) is 13.5. The van der Waals surface area contributed by atoms with Crippen LogP contribution < -0.4 is 0 Å². The number of ketones is 1. The Balaban J connectivity index is 2.52. The molecule has 0 aliphatic heterocycles. The van der Waals surface area contributed by atoms with E-state index in [1.54, 1.807) is 0 Å². The molecular formula is C8H11F3O4P+. The number of hydrogen-bond acceptors (Lipinski definition) is 3. The zero-order valence-corrected chi connectivity index (χ0v) is 9.18. The van der Waals surface area contributed by atoms with Crippen LogP contribution in [0.5, 0.6) is 0 Å². The van der Waals surface area contributed by atoms with Crippen molar-refractivity contribution in [2.24, 2.45) is 0 Å². The fraction of sp³-hybridized carbons (Fsp3) is 0.875. The van der Waals surface area contributed by atoms with Gasteiger partial charge in [0, 0.05) is 17.4 Å². The van der Waals surface area contributed by atoms with Gasteiger partial charge in [-0.15, -0.1) is 9.42 Å². The van der Waals surface area contributed by atoms with Gasteiger partial charge < -0.3 is 0 Å². The smallest absolute Gasteiger partial charge is 0.293 e. The fourth-order valence-corrected chi connectivity index (χ4v) is 1.76. The average molecular weight is 259 g/mol. The Morgan fingerprint density at radius 3 is 2.19 bits per heavy atom. The van der Waals surface area contributed by atoms with Gasteiger partial charge in [-0.1, -0.05) is 0 Å². The van der Waals surface area contributed by atoms with Crippen LogP contribution in [-0.4, -0.2) is 28.9 Å². The molecule has 1 atom stereocenters. The number of hydrogen-bond donors (Lipinski definition) is 1. The maximum atomic E-state index is 13.8. The molecule has 0 bridgehead atoms. The summed E-state index contributed by atoms with van der Waals surface area (Å²) in [5, 5.41) is 0. The molecule has 1 aliphatic rings. The summed E-state index contributed by atoms with van der Waals surface area (Å²) in [6.07, 6.45) is -2.55. The largest absolute Gasteiger partial charge is 0.695 e. The first-order valence-corrected chi connectivity index (χ1v) is 5.77. The normalized spacial score (nSPS) is 23.9. The second-order valence-corrected chi connectivity index (χ2v) is 4.49. The van der Waals surface area contributed by atoms with Crippen LogP contribution in [0.1, 0.15) is 25.7 Å². The van der Waals surface area contributed by atoms with E-state index < -0.39 is 57.9 Å². The molecule has 0 aromatic heterocycles. The summed E-state index contributed by atoms with van der Waals surface area (Å²) >= 11 is 0. The molecule has 16 heavy (non-hydrogen) atoms. The van der Waals surface area contributed by atoms with E-state index in [4.69, 9.17) is 4.89 Å². The van der Waals surface area contributed by atoms with Gasteiger partial charge >= 0.3 is 8.25 Å². The summed E-state index contributed by atoms with van der Waals surface area (Å²) in [4.78, 5) is 19.5. The van der Waals surface area contributed by atoms with Crippen molar-refractivity contribution in [3.05, 3.63) is 0 Å². The third kappa shape index (κ3) is 3.50. The number of halogens is 3. The lowest BCUT2D eigenvalue weighted by molar-refractivity contribution is -0.141. The van der Waals surface area contributed by atoms with Gasteiger partial charge in [0.2, 0.25) is 11.7 Å². The molecule has 1 unspecified atom stereocenters. The van der Waals surface area contributed by atoms with Gasteiger partial charge in [-0.05, 0) is 12.8 Å². The van der Waals surface area contributed by atoms with Gasteiger partial charge in [0.25, 0.3) is 0 Å². The number of Topliss-reactive ketones (excluding diaryl/α,β-unsaturated/α-hetero) is 1. The Morgan fingerprint density at radius 1 is 1.25 bits per heavy atom. The summed E-state index contributed by atoms with van der Waals surface area (Å²) in [6, 6.07) is 0. The minimum Gasteiger partial charge on any atom is -0.293 e. The second kappa shape index (κ2) is 4.77. The summed E-state index contributed by atoms with van der Waals surface area (Å²) in [6.45, 7) is -0.867. The minimum absolute atomic E-state index is 0.579. The molecule has 8 heteroatoms. The number of carbonyl (C=O) groups is 1. The van der Waals surface area contributed by atoms with Crippen molar-refractivity contribution in [1.82, 2.24) is 0 Å². The Hall–Kier alpha value is -0.520. The number of rotatable bonds is 4. The monoisotopic (exact) mass is 259 g/mol. The van der Waals surface area contributed by atoms with E-state index in [0.717, 1.165) is 0 Å². The van der Waals surface area contributed by atoms with Crippen molar-refractivity contribution in [2.45, 2.75) is 37.3 Å². The van der Waals surface area contributed by atoms with Gasteiger partial charge in [-0.2, -0.15) is 0 Å². The van der Waals surface area contributed by atoms with Crippen LogP contribution in [0.15, 0.2) is 0 Å². The van der Waals surface area contributed by atoms with Crippen LogP contribution in [0, 0.1) is 0 Å². The average Bonchev–Trinajstić information content (AvgIpc) is 2.19. The van der Waals surface area contributed by atoms with Gasteiger partial charge in [0.1, 0.15) is 0 Å². The first-order chi connectivity index (χ1) is 7.25. The molecular weight excluding hydrogens is 248 g/mol. The Bertz CT molecular complexity index is 298. The van der Waals surface area contributed by atoms with Crippen LogP contribution in [-0.2, 0) is 13.9 Å². The lowest BCUT2D eigenvalue weighted by Gasteiger charge is -2.31. The number of alkyl halides is 3. The van der Waals surface area contributed by atoms with Crippen molar-refractivity contribution >= 4 is 14.0 Å². The van der Waals surface area contributed by atoms with Gasteiger partial charge in [0.05, 0.1) is 0 Å². The number of carbonyl (C=O) groups excluding carboxylic acids is 1. The third-order valence-electron chi connectivity index (χ3n) is 2.58. The minimum atomic E-state index is -2.98. The zero-order valence-electron chi connectivity index (χ0n) is 8.29. The van der Waals surface area contributed by atoms with Crippen molar-refractivity contribution < 1.29 is 31.9 Å². The summed E-state index contributed by atoms with van der Waals surface area (Å²) in [7, 11) is -2.98. The molecule has 1 N–H and O–H groups in total. The highest BCUT2D eigenvalue weighted by atomic mass is 31.1. The zero-order chi connectivity index (χ0) is 12.4. The molecule has 0 radical (unpaired) electrons. The van der Waals surface area contributed by atoms with E-state index in [0.29, 0.717) is 0 Å². The topological polar surface area (TPSA) is 63.6 Å². The second-order valence-electron chi connectivity index (χ2n) is 3.76. The summed E-state index contributed by atoms with van der Waals surface area (Å²) in [5.74, 6) is -3.99. The molecule has 1 saturated carbocycles. The van der Waals surface area contributed by atoms with E-state index >= 15 is 0 Å². The highest BCUT2D eigenvalue weighted by Gasteiger charge is 2.48. The van der Waals surface area contributed by atoms with Crippen LogP contribution in [0.3, 0.4) is 0 Å². The fourth-order valence-electron chi connectivity index (χ4n) is 1.53.